The normalized spacial score (nSPS) is 11.6. The van der Waals surface area contributed by atoms with Gasteiger partial charge in [0.05, 0.1) is 16.9 Å². The number of nitrogen functional groups attached to an aromatic ring is 1. The van der Waals surface area contributed by atoms with E-state index in [1.807, 2.05) is 0 Å². The van der Waals surface area contributed by atoms with Crippen LogP contribution in [0.2, 0.25) is 0 Å². The average Bonchev–Trinajstić information content (AvgIpc) is 2.31. The van der Waals surface area contributed by atoms with E-state index in [1.54, 1.807) is 13.0 Å². The molecule has 6 heteroatoms. The Labute approximate surface area is 106 Å². The first kappa shape index (κ1) is 13.3. The molecule has 19 heavy (non-hydrogen) atoms. The number of hydrogen-bond donors (Lipinski definition) is 1. The van der Waals surface area contributed by atoms with E-state index < -0.39 is 17.6 Å². The molecule has 0 aliphatic carbocycles. The molecule has 1 aromatic carbocycles. The Balaban J connectivity index is 2.54. The number of pyridine rings is 1. The van der Waals surface area contributed by atoms with Crippen LogP contribution in [0.15, 0.2) is 30.5 Å². The maximum atomic E-state index is 13.5. The van der Waals surface area contributed by atoms with E-state index in [1.165, 1.54) is 6.20 Å². The Morgan fingerprint density at radius 2 is 1.84 bits per heavy atom. The third kappa shape index (κ3) is 2.52. The quantitative estimate of drug-likeness (QED) is 0.800. The van der Waals surface area contributed by atoms with E-state index >= 15 is 0 Å². The zero-order chi connectivity index (χ0) is 14.2. The van der Waals surface area contributed by atoms with Gasteiger partial charge in [-0.05, 0) is 30.7 Å². The van der Waals surface area contributed by atoms with Crippen LogP contribution < -0.4 is 5.73 Å². The van der Waals surface area contributed by atoms with Gasteiger partial charge in [0.1, 0.15) is 5.82 Å². The SMILES string of the molecule is Cc1ccnc(-c2ccc(C(F)(F)F)c(F)c2)c1N. The second-order valence-electron chi connectivity index (χ2n) is 4.08. The molecule has 2 aromatic rings. The highest BCUT2D eigenvalue weighted by Gasteiger charge is 2.34. The Morgan fingerprint density at radius 3 is 2.42 bits per heavy atom. The second-order valence-corrected chi connectivity index (χ2v) is 4.08. The predicted octanol–water partition coefficient (Wildman–Crippen LogP) is 3.80. The first-order valence-corrected chi connectivity index (χ1v) is 5.39. The van der Waals surface area contributed by atoms with Crippen molar-refractivity contribution in [2.45, 2.75) is 13.1 Å². The van der Waals surface area contributed by atoms with Crippen molar-refractivity contribution < 1.29 is 17.6 Å². The van der Waals surface area contributed by atoms with E-state index in [9.17, 15) is 17.6 Å². The first-order valence-electron chi connectivity index (χ1n) is 5.39. The molecule has 0 aliphatic rings. The number of aryl methyl sites for hydroxylation is 1. The molecule has 0 amide bonds. The average molecular weight is 270 g/mol. The number of hydrogen-bond acceptors (Lipinski definition) is 2. The molecule has 2 rings (SSSR count). The summed E-state index contributed by atoms with van der Waals surface area (Å²) >= 11 is 0. The maximum Gasteiger partial charge on any atom is 0.419 e. The number of nitrogens with zero attached hydrogens (tertiary/aromatic N) is 1. The van der Waals surface area contributed by atoms with Gasteiger partial charge in [0.2, 0.25) is 0 Å². The largest absolute Gasteiger partial charge is 0.419 e. The minimum Gasteiger partial charge on any atom is -0.397 e. The van der Waals surface area contributed by atoms with Crippen molar-refractivity contribution in [3.63, 3.8) is 0 Å². The van der Waals surface area contributed by atoms with Gasteiger partial charge in [-0.1, -0.05) is 6.07 Å². The number of nitrogens with two attached hydrogens (primary N) is 1. The molecule has 2 N–H and O–H groups in total. The summed E-state index contributed by atoms with van der Waals surface area (Å²) in [5, 5.41) is 0. The summed E-state index contributed by atoms with van der Waals surface area (Å²) in [6.07, 6.45) is -3.25. The van der Waals surface area contributed by atoms with Crippen molar-refractivity contribution in [2.75, 3.05) is 5.73 Å². The van der Waals surface area contributed by atoms with Crippen molar-refractivity contribution in [2.24, 2.45) is 0 Å². The minimum absolute atomic E-state index is 0.215. The van der Waals surface area contributed by atoms with Gasteiger partial charge in [0, 0.05) is 11.8 Å². The van der Waals surface area contributed by atoms with E-state index in [2.05, 4.69) is 4.98 Å². The fourth-order valence-corrected chi connectivity index (χ4v) is 1.69. The smallest absolute Gasteiger partial charge is 0.397 e. The lowest BCUT2D eigenvalue weighted by molar-refractivity contribution is -0.139. The molecular weight excluding hydrogens is 260 g/mol. The summed E-state index contributed by atoms with van der Waals surface area (Å²) in [6.45, 7) is 1.74. The van der Waals surface area contributed by atoms with Gasteiger partial charge in [-0.25, -0.2) is 4.39 Å². The summed E-state index contributed by atoms with van der Waals surface area (Å²) in [5.74, 6) is -1.34. The molecule has 0 spiro atoms. The van der Waals surface area contributed by atoms with Gasteiger partial charge in [-0.15, -0.1) is 0 Å². The Hall–Kier alpha value is -2.11. The topological polar surface area (TPSA) is 38.9 Å². The standard InChI is InChI=1S/C13H10F4N2/c1-7-4-5-19-12(11(7)18)8-2-3-9(10(14)6-8)13(15,16)17/h2-6H,18H2,1H3. The number of aromatic nitrogens is 1. The molecule has 0 unspecified atom stereocenters. The van der Waals surface area contributed by atoms with Gasteiger partial charge in [-0.3, -0.25) is 4.98 Å². The van der Waals surface area contributed by atoms with E-state index in [0.717, 1.165) is 17.7 Å². The predicted molar refractivity (Wildman–Crippen MR) is 63.8 cm³/mol. The Kier molecular flexibility index (Phi) is 3.18. The van der Waals surface area contributed by atoms with Crippen LogP contribution in [-0.2, 0) is 6.18 Å². The zero-order valence-corrected chi connectivity index (χ0v) is 9.92. The van der Waals surface area contributed by atoms with E-state index in [0.29, 0.717) is 11.8 Å². The van der Waals surface area contributed by atoms with Gasteiger partial charge in [-0.2, -0.15) is 13.2 Å². The highest BCUT2D eigenvalue weighted by Crippen LogP contribution is 2.34. The summed E-state index contributed by atoms with van der Waals surface area (Å²) in [6, 6.07) is 4.30. The molecule has 0 saturated carbocycles. The molecule has 100 valence electrons. The molecule has 0 fully saturated rings. The van der Waals surface area contributed by atoms with Gasteiger partial charge in [0.15, 0.2) is 0 Å². The van der Waals surface area contributed by atoms with Crippen LogP contribution in [0.4, 0.5) is 23.2 Å². The van der Waals surface area contributed by atoms with Crippen molar-refractivity contribution in [1.82, 2.24) is 4.98 Å². The van der Waals surface area contributed by atoms with Gasteiger partial charge >= 0.3 is 6.18 Å². The van der Waals surface area contributed by atoms with Gasteiger partial charge in [0.25, 0.3) is 0 Å². The zero-order valence-electron chi connectivity index (χ0n) is 9.92. The van der Waals surface area contributed by atoms with Crippen LogP contribution in [0.25, 0.3) is 11.3 Å². The van der Waals surface area contributed by atoms with Crippen LogP contribution >= 0.6 is 0 Å². The van der Waals surface area contributed by atoms with Crippen LogP contribution in [0.1, 0.15) is 11.1 Å². The van der Waals surface area contributed by atoms with Crippen molar-refractivity contribution in [3.8, 4) is 11.3 Å². The minimum atomic E-state index is -4.71. The Morgan fingerprint density at radius 1 is 1.16 bits per heavy atom. The van der Waals surface area contributed by atoms with Gasteiger partial charge < -0.3 is 5.73 Å². The molecule has 0 aliphatic heterocycles. The highest BCUT2D eigenvalue weighted by atomic mass is 19.4. The highest BCUT2D eigenvalue weighted by molar-refractivity contribution is 5.74. The molecular formula is C13H10F4N2. The number of anilines is 1. The number of rotatable bonds is 1. The van der Waals surface area contributed by atoms with E-state index in [4.69, 9.17) is 5.73 Å². The lowest BCUT2D eigenvalue weighted by Gasteiger charge is -2.11. The second kappa shape index (κ2) is 4.53. The first-order chi connectivity index (χ1) is 8.80. The summed E-state index contributed by atoms with van der Waals surface area (Å²) < 4.78 is 50.8. The fraction of sp³-hybridized carbons (Fsp3) is 0.154. The monoisotopic (exact) mass is 270 g/mol. The van der Waals surface area contributed by atoms with Crippen LogP contribution in [-0.4, -0.2) is 4.98 Å². The number of benzene rings is 1. The van der Waals surface area contributed by atoms with Crippen LogP contribution in [0, 0.1) is 12.7 Å². The van der Waals surface area contributed by atoms with Crippen molar-refractivity contribution in [3.05, 3.63) is 47.4 Å². The summed E-state index contributed by atoms with van der Waals surface area (Å²) in [4.78, 5) is 3.97. The van der Waals surface area contributed by atoms with Crippen LogP contribution in [0.3, 0.4) is 0 Å². The molecule has 0 radical (unpaired) electrons. The molecule has 2 nitrogen and oxygen atoms in total. The summed E-state index contributed by atoms with van der Waals surface area (Å²) in [5.41, 5.74) is 6.01. The molecule has 1 heterocycles. The molecule has 1 aromatic heterocycles. The molecule has 0 atom stereocenters. The number of halogens is 4. The lowest BCUT2D eigenvalue weighted by Crippen LogP contribution is -2.08. The van der Waals surface area contributed by atoms with Crippen LogP contribution in [0.5, 0.6) is 0 Å². The van der Waals surface area contributed by atoms with Crippen molar-refractivity contribution >= 4 is 5.69 Å². The maximum absolute atomic E-state index is 13.5. The fourth-order valence-electron chi connectivity index (χ4n) is 1.69. The molecule has 0 saturated heterocycles. The Bertz CT molecular complexity index is 621. The number of alkyl halides is 3. The summed E-state index contributed by atoms with van der Waals surface area (Å²) in [7, 11) is 0. The molecule has 0 bridgehead atoms. The van der Waals surface area contributed by atoms with E-state index in [-0.39, 0.29) is 11.3 Å². The van der Waals surface area contributed by atoms with Crippen molar-refractivity contribution in [1.29, 1.82) is 0 Å². The third-order valence-electron chi connectivity index (χ3n) is 2.76. The lowest BCUT2D eigenvalue weighted by atomic mass is 10.0. The third-order valence-corrected chi connectivity index (χ3v) is 2.76.